The normalized spacial score (nSPS) is 13.1. The fourth-order valence-corrected chi connectivity index (χ4v) is 7.46. The van der Waals surface area contributed by atoms with E-state index in [0.717, 1.165) is 39.4 Å². The molecule has 0 aliphatic carbocycles. The van der Waals surface area contributed by atoms with Crippen LogP contribution in [0.2, 0.25) is 0 Å². The summed E-state index contributed by atoms with van der Waals surface area (Å²) in [6.45, 7) is 0. The van der Waals surface area contributed by atoms with Crippen molar-refractivity contribution in [3.63, 3.8) is 0 Å². The molecule has 1 N–H and O–H groups in total. The molecule has 57 heavy (non-hydrogen) atoms. The van der Waals surface area contributed by atoms with Gasteiger partial charge in [0.1, 0.15) is 28.8 Å². The first-order valence-corrected chi connectivity index (χ1v) is 17.9. The summed E-state index contributed by atoms with van der Waals surface area (Å²) in [5.74, 6) is 1.90. The van der Waals surface area contributed by atoms with Crippen molar-refractivity contribution in [2.24, 2.45) is 0 Å². The van der Waals surface area contributed by atoms with Gasteiger partial charge in [0.05, 0.1) is 52.0 Å². The summed E-state index contributed by atoms with van der Waals surface area (Å²) in [6.07, 6.45) is 4.72. The molecule has 5 aromatic heterocycles. The molecule has 4 aromatic carbocycles. The standard InChI is InChI=1S/C45H26N12/c46-25-28-7-1-10-34(19-28)55-40(52-37-13-4-16-49-43(37)55)31-22-32(41-53-38-14-5-17-50-44(38)56(41)35-11-2-8-29(20-35)26-47)24-33(23-31)42-54-39-15-6-18-51-45(39)57(42)36-12-3-9-30(21-36)27-48/h1-24,40,52H. The molecule has 6 heterocycles. The van der Waals surface area contributed by atoms with E-state index in [1.54, 1.807) is 36.8 Å². The summed E-state index contributed by atoms with van der Waals surface area (Å²) in [5, 5.41) is 33.3. The average molecular weight is 735 g/mol. The first-order chi connectivity index (χ1) is 28.1. The Balaban J connectivity index is 1.27. The Hall–Kier alpha value is -8.66. The number of benzene rings is 4. The number of anilines is 3. The van der Waals surface area contributed by atoms with E-state index in [9.17, 15) is 15.8 Å². The second-order valence-electron chi connectivity index (χ2n) is 13.4. The van der Waals surface area contributed by atoms with Crippen molar-refractivity contribution >= 4 is 39.5 Å². The van der Waals surface area contributed by atoms with E-state index in [0.29, 0.717) is 56.5 Å². The summed E-state index contributed by atoms with van der Waals surface area (Å²) in [6, 6.07) is 46.6. The Labute approximate surface area is 325 Å². The van der Waals surface area contributed by atoms with Crippen molar-refractivity contribution < 1.29 is 0 Å². The Kier molecular flexibility index (Phi) is 7.70. The van der Waals surface area contributed by atoms with Gasteiger partial charge in [-0.25, -0.2) is 24.9 Å². The van der Waals surface area contributed by atoms with E-state index in [2.05, 4.69) is 40.6 Å². The molecule has 1 aliphatic rings. The van der Waals surface area contributed by atoms with Crippen LogP contribution < -0.4 is 10.2 Å². The largest absolute Gasteiger partial charge is 0.358 e. The highest BCUT2D eigenvalue weighted by Gasteiger charge is 2.34. The molecule has 0 bridgehead atoms. The number of hydrogen-bond acceptors (Lipinski definition) is 10. The highest BCUT2D eigenvalue weighted by molar-refractivity contribution is 5.86. The van der Waals surface area contributed by atoms with E-state index in [4.69, 9.17) is 24.9 Å². The molecule has 0 saturated carbocycles. The molecule has 0 fully saturated rings. The topological polar surface area (TPSA) is 161 Å². The van der Waals surface area contributed by atoms with Crippen LogP contribution in [0.3, 0.4) is 0 Å². The number of aromatic nitrogens is 7. The Morgan fingerprint density at radius 3 is 1.54 bits per heavy atom. The minimum atomic E-state index is -0.488. The Bertz CT molecular complexity index is 3040. The molecule has 12 heteroatoms. The number of hydrogen-bond donors (Lipinski definition) is 1. The maximum Gasteiger partial charge on any atom is 0.164 e. The molecule has 0 radical (unpaired) electrons. The van der Waals surface area contributed by atoms with Gasteiger partial charge < -0.3 is 5.32 Å². The van der Waals surface area contributed by atoms with Crippen molar-refractivity contribution in [3.8, 4) is 52.4 Å². The fourth-order valence-electron chi connectivity index (χ4n) is 7.46. The third kappa shape index (κ3) is 5.56. The molecule has 266 valence electrons. The molecule has 1 aliphatic heterocycles. The van der Waals surface area contributed by atoms with E-state index < -0.39 is 6.17 Å². The zero-order chi connectivity index (χ0) is 38.5. The minimum Gasteiger partial charge on any atom is -0.358 e. The quantitative estimate of drug-likeness (QED) is 0.175. The van der Waals surface area contributed by atoms with Crippen LogP contribution in [0.25, 0.3) is 56.5 Å². The zero-order valence-corrected chi connectivity index (χ0v) is 29.9. The fraction of sp³-hybridized carbons (Fsp3) is 0.0222. The van der Waals surface area contributed by atoms with Crippen LogP contribution in [-0.4, -0.2) is 34.1 Å². The van der Waals surface area contributed by atoms with Gasteiger partial charge in [-0.3, -0.25) is 14.0 Å². The van der Waals surface area contributed by atoms with Crippen LogP contribution in [0, 0.1) is 34.0 Å². The summed E-state index contributed by atoms with van der Waals surface area (Å²) in [4.78, 5) is 26.7. The van der Waals surface area contributed by atoms with E-state index in [1.807, 2.05) is 106 Å². The monoisotopic (exact) mass is 734 g/mol. The first kappa shape index (κ1) is 32.9. The van der Waals surface area contributed by atoms with Gasteiger partial charge in [0, 0.05) is 35.4 Å². The lowest BCUT2D eigenvalue weighted by Gasteiger charge is -2.27. The van der Waals surface area contributed by atoms with Gasteiger partial charge in [-0.15, -0.1) is 0 Å². The van der Waals surface area contributed by atoms with Crippen LogP contribution >= 0.6 is 0 Å². The van der Waals surface area contributed by atoms with E-state index in [1.165, 1.54) is 0 Å². The van der Waals surface area contributed by atoms with Crippen molar-refractivity contribution in [3.05, 3.63) is 168 Å². The summed E-state index contributed by atoms with van der Waals surface area (Å²) in [7, 11) is 0. The predicted molar refractivity (Wildman–Crippen MR) is 215 cm³/mol. The molecule has 10 rings (SSSR count). The van der Waals surface area contributed by atoms with Crippen molar-refractivity contribution in [1.82, 2.24) is 34.1 Å². The van der Waals surface area contributed by atoms with Crippen LogP contribution in [0.1, 0.15) is 28.4 Å². The molecule has 0 amide bonds. The first-order valence-electron chi connectivity index (χ1n) is 17.9. The lowest BCUT2D eigenvalue weighted by atomic mass is 10.0. The number of pyridine rings is 3. The van der Waals surface area contributed by atoms with Gasteiger partial charge in [-0.2, -0.15) is 15.8 Å². The second-order valence-corrected chi connectivity index (χ2v) is 13.4. The minimum absolute atomic E-state index is 0.488. The highest BCUT2D eigenvalue weighted by Crippen LogP contribution is 2.46. The summed E-state index contributed by atoms with van der Waals surface area (Å²) < 4.78 is 3.93. The Morgan fingerprint density at radius 1 is 0.509 bits per heavy atom. The summed E-state index contributed by atoms with van der Waals surface area (Å²) >= 11 is 0. The second kappa shape index (κ2) is 13.3. The molecule has 12 nitrogen and oxygen atoms in total. The third-order valence-corrected chi connectivity index (χ3v) is 9.91. The molecule has 9 aromatic rings. The van der Waals surface area contributed by atoms with Crippen LogP contribution in [0.4, 0.5) is 17.2 Å². The van der Waals surface area contributed by atoms with Crippen LogP contribution in [-0.2, 0) is 0 Å². The van der Waals surface area contributed by atoms with Gasteiger partial charge in [-0.1, -0.05) is 18.2 Å². The third-order valence-electron chi connectivity index (χ3n) is 9.91. The van der Waals surface area contributed by atoms with Crippen molar-refractivity contribution in [1.29, 1.82) is 15.8 Å². The predicted octanol–water partition coefficient (Wildman–Crippen LogP) is 8.76. The number of imidazole rings is 2. The Morgan fingerprint density at radius 2 is 1.00 bits per heavy atom. The number of nitrogens with one attached hydrogen (secondary N) is 1. The SMILES string of the molecule is N#Cc1cccc(N2c3ncccc3NC2c2cc(-c3nc4cccnc4n3-c3cccc(C#N)c3)cc(-c3nc4cccnc4n3-c3cccc(C#N)c3)c2)c1. The van der Waals surface area contributed by atoms with Crippen molar-refractivity contribution in [2.75, 3.05) is 10.2 Å². The van der Waals surface area contributed by atoms with E-state index in [-0.39, 0.29) is 0 Å². The lowest BCUT2D eigenvalue weighted by molar-refractivity contribution is 0.820. The highest BCUT2D eigenvalue weighted by atomic mass is 15.4. The smallest absolute Gasteiger partial charge is 0.164 e. The van der Waals surface area contributed by atoms with Crippen LogP contribution in [0.15, 0.2) is 146 Å². The van der Waals surface area contributed by atoms with Gasteiger partial charge >= 0.3 is 0 Å². The maximum absolute atomic E-state index is 9.87. The van der Waals surface area contributed by atoms with Crippen LogP contribution in [0.5, 0.6) is 0 Å². The van der Waals surface area contributed by atoms with Gasteiger partial charge in [-0.05, 0) is 115 Å². The molecular formula is C45H26N12. The maximum atomic E-state index is 9.87. The number of nitriles is 3. The molecule has 1 unspecified atom stereocenters. The molecule has 0 saturated heterocycles. The van der Waals surface area contributed by atoms with Crippen molar-refractivity contribution in [2.45, 2.75) is 6.17 Å². The lowest BCUT2D eigenvalue weighted by Crippen LogP contribution is -2.24. The van der Waals surface area contributed by atoms with E-state index >= 15 is 0 Å². The summed E-state index contributed by atoms with van der Waals surface area (Å²) in [5.41, 5.74) is 9.54. The molecule has 1 atom stereocenters. The van der Waals surface area contributed by atoms with Gasteiger partial charge in [0.25, 0.3) is 0 Å². The number of rotatable bonds is 6. The zero-order valence-electron chi connectivity index (χ0n) is 29.9. The number of nitrogens with zero attached hydrogens (tertiary/aromatic N) is 11. The molecular weight excluding hydrogens is 709 g/mol. The number of fused-ring (bicyclic) bond motifs is 3. The average Bonchev–Trinajstić information content (AvgIpc) is 3.98. The molecule has 0 spiro atoms. The van der Waals surface area contributed by atoms with Gasteiger partial charge in [0.15, 0.2) is 17.1 Å². The van der Waals surface area contributed by atoms with Gasteiger partial charge in [0.2, 0.25) is 0 Å².